The number of carbonyl (C=O) groups is 1. The molecule has 1 amide bonds. The maximum Gasteiger partial charge on any atom is 0.252 e. The summed E-state index contributed by atoms with van der Waals surface area (Å²) < 4.78 is 31.8. The van der Waals surface area contributed by atoms with Crippen LogP contribution in [0.25, 0.3) is 0 Å². The number of amides is 1. The molecule has 2 rings (SSSR count). The first-order valence-electron chi connectivity index (χ1n) is 6.04. The second-order valence-electron chi connectivity index (χ2n) is 4.02. The molecule has 7 heteroatoms. The second-order valence-corrected chi connectivity index (χ2v) is 5.19. The summed E-state index contributed by atoms with van der Waals surface area (Å²) >= 11 is 2.07. The number of hydrogen-bond acceptors (Lipinski definition) is 3. The Morgan fingerprint density at radius 1 is 1.33 bits per heavy atom. The molecule has 0 bridgehead atoms. The van der Waals surface area contributed by atoms with E-state index >= 15 is 0 Å². The number of aromatic nitrogens is 1. The normalized spacial score (nSPS) is 10.2. The molecular weight excluding hydrogens is 393 g/mol. The van der Waals surface area contributed by atoms with Crippen LogP contribution in [0, 0.1) is 15.2 Å². The molecule has 2 aromatic rings. The van der Waals surface area contributed by atoms with Gasteiger partial charge in [-0.1, -0.05) is 12.1 Å². The number of halogens is 3. The van der Waals surface area contributed by atoms with Crippen LogP contribution >= 0.6 is 22.6 Å². The fraction of sp³-hybridized carbons (Fsp3) is 0.143. The predicted molar refractivity (Wildman–Crippen MR) is 81.1 cm³/mol. The standard InChI is InChI=1S/C14H11F2IN2O2/c15-9-7-11(16)14(19-8-9)21-6-5-18-13(20)10-3-1-2-4-12(10)17/h1-4,7-8H,5-6H2,(H,18,20). The van der Waals surface area contributed by atoms with Crippen LogP contribution in [0.4, 0.5) is 8.78 Å². The van der Waals surface area contributed by atoms with Gasteiger partial charge in [0.2, 0.25) is 0 Å². The minimum atomic E-state index is -0.876. The number of pyridine rings is 1. The predicted octanol–water partition coefficient (Wildman–Crippen LogP) is 2.77. The van der Waals surface area contributed by atoms with Crippen LogP contribution in [-0.2, 0) is 0 Å². The van der Waals surface area contributed by atoms with E-state index in [1.807, 2.05) is 12.1 Å². The van der Waals surface area contributed by atoms with E-state index < -0.39 is 11.6 Å². The maximum absolute atomic E-state index is 13.2. The number of benzene rings is 1. The Bertz CT molecular complexity index is 653. The summed E-state index contributed by atoms with van der Waals surface area (Å²) in [7, 11) is 0. The summed E-state index contributed by atoms with van der Waals surface area (Å²) in [5.41, 5.74) is 0.559. The lowest BCUT2D eigenvalue weighted by molar-refractivity contribution is 0.0945. The summed E-state index contributed by atoms with van der Waals surface area (Å²) in [4.78, 5) is 15.4. The average Bonchev–Trinajstić information content (AvgIpc) is 2.45. The van der Waals surface area contributed by atoms with Crippen LogP contribution in [-0.4, -0.2) is 24.0 Å². The molecule has 0 aliphatic rings. The fourth-order valence-electron chi connectivity index (χ4n) is 1.56. The molecule has 1 aromatic heterocycles. The second kappa shape index (κ2) is 7.30. The first kappa shape index (κ1) is 15.6. The zero-order valence-corrected chi connectivity index (χ0v) is 12.9. The van der Waals surface area contributed by atoms with Crippen molar-refractivity contribution in [3.63, 3.8) is 0 Å². The van der Waals surface area contributed by atoms with Crippen molar-refractivity contribution in [3.05, 3.63) is 57.3 Å². The van der Waals surface area contributed by atoms with Gasteiger partial charge in [-0.2, -0.15) is 0 Å². The van der Waals surface area contributed by atoms with Crippen molar-refractivity contribution in [1.29, 1.82) is 0 Å². The first-order chi connectivity index (χ1) is 10.1. The molecule has 0 saturated heterocycles. The fourth-order valence-corrected chi connectivity index (χ4v) is 2.19. The molecule has 4 nitrogen and oxygen atoms in total. The first-order valence-corrected chi connectivity index (χ1v) is 7.12. The zero-order chi connectivity index (χ0) is 15.2. The Balaban J connectivity index is 1.82. The van der Waals surface area contributed by atoms with Gasteiger partial charge in [-0.25, -0.2) is 13.8 Å². The minimum absolute atomic E-state index is 0.0324. The third kappa shape index (κ3) is 4.35. The molecule has 0 aliphatic carbocycles. The molecule has 0 spiro atoms. The molecule has 1 aromatic carbocycles. The minimum Gasteiger partial charge on any atom is -0.474 e. The highest BCUT2D eigenvalue weighted by atomic mass is 127. The lowest BCUT2D eigenvalue weighted by Crippen LogP contribution is -2.28. The lowest BCUT2D eigenvalue weighted by atomic mass is 10.2. The van der Waals surface area contributed by atoms with E-state index in [2.05, 4.69) is 32.9 Å². The van der Waals surface area contributed by atoms with E-state index in [0.717, 1.165) is 9.77 Å². The molecule has 0 radical (unpaired) electrons. The summed E-state index contributed by atoms with van der Waals surface area (Å²) in [6.45, 7) is 0.215. The van der Waals surface area contributed by atoms with Gasteiger partial charge >= 0.3 is 0 Å². The van der Waals surface area contributed by atoms with Gasteiger partial charge in [-0.3, -0.25) is 4.79 Å². The SMILES string of the molecule is O=C(NCCOc1ncc(F)cc1F)c1ccccc1I. The lowest BCUT2D eigenvalue weighted by Gasteiger charge is -2.08. The van der Waals surface area contributed by atoms with Crippen molar-refractivity contribution >= 4 is 28.5 Å². The average molecular weight is 404 g/mol. The van der Waals surface area contributed by atoms with Crippen LogP contribution in [0.15, 0.2) is 36.5 Å². The Labute approximate surface area is 133 Å². The number of carbonyl (C=O) groups excluding carboxylic acids is 1. The largest absolute Gasteiger partial charge is 0.474 e. The molecule has 0 atom stereocenters. The zero-order valence-electron chi connectivity index (χ0n) is 10.8. The van der Waals surface area contributed by atoms with Crippen LogP contribution in [0.3, 0.4) is 0 Å². The quantitative estimate of drug-likeness (QED) is 0.616. The smallest absolute Gasteiger partial charge is 0.252 e. The van der Waals surface area contributed by atoms with E-state index in [1.165, 1.54) is 0 Å². The van der Waals surface area contributed by atoms with Gasteiger partial charge in [0, 0.05) is 9.64 Å². The van der Waals surface area contributed by atoms with Gasteiger partial charge in [-0.05, 0) is 34.7 Å². The van der Waals surface area contributed by atoms with E-state index in [4.69, 9.17) is 4.74 Å². The summed E-state index contributed by atoms with van der Waals surface area (Å²) in [5.74, 6) is -2.18. The maximum atomic E-state index is 13.2. The van der Waals surface area contributed by atoms with Crippen LogP contribution in [0.2, 0.25) is 0 Å². The topological polar surface area (TPSA) is 51.2 Å². The van der Waals surface area contributed by atoms with Crippen molar-refractivity contribution in [2.75, 3.05) is 13.2 Å². The van der Waals surface area contributed by atoms with Gasteiger partial charge in [0.1, 0.15) is 12.4 Å². The van der Waals surface area contributed by atoms with Gasteiger partial charge in [0.25, 0.3) is 11.8 Å². The molecule has 0 aliphatic heterocycles. The van der Waals surface area contributed by atoms with E-state index in [-0.39, 0.29) is 24.9 Å². The van der Waals surface area contributed by atoms with E-state index in [0.29, 0.717) is 11.6 Å². The Kier molecular flexibility index (Phi) is 5.43. The molecule has 110 valence electrons. The number of hydrogen-bond donors (Lipinski definition) is 1. The van der Waals surface area contributed by atoms with Gasteiger partial charge in [-0.15, -0.1) is 0 Å². The van der Waals surface area contributed by atoms with E-state index in [9.17, 15) is 13.6 Å². The van der Waals surface area contributed by atoms with Crippen molar-refractivity contribution in [3.8, 4) is 5.88 Å². The number of nitrogens with one attached hydrogen (secondary N) is 1. The third-order valence-electron chi connectivity index (χ3n) is 2.52. The number of rotatable bonds is 5. The monoisotopic (exact) mass is 404 g/mol. The molecule has 1 heterocycles. The third-order valence-corrected chi connectivity index (χ3v) is 3.46. The van der Waals surface area contributed by atoms with Crippen molar-refractivity contribution in [2.45, 2.75) is 0 Å². The summed E-state index contributed by atoms with van der Waals surface area (Å²) in [6.07, 6.45) is 0.864. The summed E-state index contributed by atoms with van der Waals surface area (Å²) in [6, 6.07) is 7.83. The Morgan fingerprint density at radius 2 is 2.10 bits per heavy atom. The molecular formula is C14H11F2IN2O2. The highest BCUT2D eigenvalue weighted by Crippen LogP contribution is 2.13. The summed E-state index contributed by atoms with van der Waals surface area (Å²) in [5, 5.41) is 2.65. The number of nitrogens with zero attached hydrogens (tertiary/aromatic N) is 1. The highest BCUT2D eigenvalue weighted by Gasteiger charge is 2.09. The number of ether oxygens (including phenoxy) is 1. The molecule has 0 fully saturated rings. The molecule has 0 unspecified atom stereocenters. The molecule has 1 N–H and O–H groups in total. The van der Waals surface area contributed by atoms with Crippen molar-refractivity contribution in [2.24, 2.45) is 0 Å². The van der Waals surface area contributed by atoms with Gasteiger partial charge < -0.3 is 10.1 Å². The van der Waals surface area contributed by atoms with Gasteiger partial charge in [0.15, 0.2) is 5.82 Å². The van der Waals surface area contributed by atoms with Crippen molar-refractivity contribution in [1.82, 2.24) is 10.3 Å². The van der Waals surface area contributed by atoms with Crippen molar-refractivity contribution < 1.29 is 18.3 Å². The molecule has 0 saturated carbocycles. The van der Waals surface area contributed by atoms with Crippen LogP contribution in [0.1, 0.15) is 10.4 Å². The Hall–Kier alpha value is -1.77. The van der Waals surface area contributed by atoms with Crippen LogP contribution in [0.5, 0.6) is 5.88 Å². The Morgan fingerprint density at radius 3 is 2.81 bits per heavy atom. The molecule has 21 heavy (non-hydrogen) atoms. The van der Waals surface area contributed by atoms with Gasteiger partial charge in [0.05, 0.1) is 18.3 Å². The van der Waals surface area contributed by atoms with E-state index in [1.54, 1.807) is 12.1 Å². The van der Waals surface area contributed by atoms with Crippen LogP contribution < -0.4 is 10.1 Å². The highest BCUT2D eigenvalue weighted by molar-refractivity contribution is 14.1.